The van der Waals surface area contributed by atoms with Crippen molar-refractivity contribution in [3.63, 3.8) is 0 Å². The molecule has 0 saturated carbocycles. The van der Waals surface area contributed by atoms with Gasteiger partial charge in [0.15, 0.2) is 6.61 Å². The Morgan fingerprint density at radius 2 is 1.36 bits per heavy atom. The number of amides is 2. The van der Waals surface area contributed by atoms with Crippen molar-refractivity contribution in [3.05, 3.63) is 147 Å². The second kappa shape index (κ2) is 11.7. The van der Waals surface area contributed by atoms with Gasteiger partial charge in [0.2, 0.25) is 5.78 Å². The molecule has 0 atom stereocenters. The van der Waals surface area contributed by atoms with Gasteiger partial charge in [-0.15, -0.1) is 11.3 Å². The number of carbonyl (C=O) groups is 4. The first kappa shape index (κ1) is 28.8. The monoisotopic (exact) mass is 601 g/mol. The van der Waals surface area contributed by atoms with Crippen molar-refractivity contribution in [2.45, 2.75) is 19.3 Å². The lowest BCUT2D eigenvalue weighted by atomic mass is 9.78. The summed E-state index contributed by atoms with van der Waals surface area (Å²) in [7, 11) is 0. The molecule has 0 fully saturated rings. The fourth-order valence-corrected chi connectivity index (χ4v) is 5.74. The molecule has 2 amide bonds. The van der Waals surface area contributed by atoms with Gasteiger partial charge in [0.05, 0.1) is 27.3 Å². The number of hydrogen-bond acceptors (Lipinski definition) is 7. The molecule has 1 aliphatic heterocycles. The summed E-state index contributed by atoms with van der Waals surface area (Å²) in [5.41, 5.74) is 2.92. The Hall–Kier alpha value is -5.34. The van der Waals surface area contributed by atoms with Crippen LogP contribution in [0.25, 0.3) is 0 Å². The van der Waals surface area contributed by atoms with Gasteiger partial charge >= 0.3 is 5.97 Å². The average Bonchev–Trinajstić information content (AvgIpc) is 3.68. The lowest BCUT2D eigenvalue weighted by Gasteiger charge is -2.26. The van der Waals surface area contributed by atoms with Crippen molar-refractivity contribution >= 4 is 40.6 Å². The van der Waals surface area contributed by atoms with Crippen LogP contribution in [0.3, 0.4) is 0 Å². The normalized spacial score (nSPS) is 12.6. The summed E-state index contributed by atoms with van der Waals surface area (Å²) >= 11 is 1.26. The SMILES string of the molecule is CC(C)(c1ccccc1)c1ccc(Oc2ccc(N3C(=O)c4ccc(C(=O)OCC(=O)c5cccs5)cc4C3=O)cc2)cc1. The van der Waals surface area contributed by atoms with Gasteiger partial charge in [0.25, 0.3) is 11.8 Å². The maximum Gasteiger partial charge on any atom is 0.338 e. The molecule has 5 aromatic rings. The lowest BCUT2D eigenvalue weighted by Crippen LogP contribution is -2.29. The van der Waals surface area contributed by atoms with Crippen molar-refractivity contribution < 1.29 is 28.7 Å². The van der Waals surface area contributed by atoms with E-state index < -0.39 is 24.4 Å². The van der Waals surface area contributed by atoms with Crippen LogP contribution in [-0.2, 0) is 10.2 Å². The van der Waals surface area contributed by atoms with Gasteiger partial charge in [0.1, 0.15) is 11.5 Å². The number of thiophene rings is 1. The third-order valence-corrected chi connectivity index (χ3v) is 8.57. The number of imide groups is 1. The lowest BCUT2D eigenvalue weighted by molar-refractivity contribution is 0.0475. The van der Waals surface area contributed by atoms with E-state index in [1.165, 1.54) is 35.1 Å². The molecule has 0 radical (unpaired) electrons. The minimum Gasteiger partial charge on any atom is -0.457 e. The van der Waals surface area contributed by atoms with Crippen LogP contribution >= 0.6 is 11.3 Å². The third kappa shape index (κ3) is 5.55. The first-order valence-electron chi connectivity index (χ1n) is 13.9. The van der Waals surface area contributed by atoms with Crippen LogP contribution in [0.4, 0.5) is 5.69 Å². The second-order valence-electron chi connectivity index (χ2n) is 10.8. The van der Waals surface area contributed by atoms with Crippen molar-refractivity contribution in [3.8, 4) is 11.5 Å². The van der Waals surface area contributed by atoms with Crippen molar-refractivity contribution in [1.82, 2.24) is 0 Å². The van der Waals surface area contributed by atoms with Crippen LogP contribution in [0.2, 0.25) is 0 Å². The number of fused-ring (bicyclic) bond motifs is 1. The number of rotatable bonds is 9. The number of carbonyl (C=O) groups excluding carboxylic acids is 4. The maximum atomic E-state index is 13.3. The van der Waals surface area contributed by atoms with E-state index in [0.29, 0.717) is 22.1 Å². The number of hydrogen-bond donors (Lipinski definition) is 0. The molecule has 1 aliphatic rings. The molecule has 0 aliphatic carbocycles. The summed E-state index contributed by atoms with van der Waals surface area (Å²) in [5.74, 6) is -0.925. The largest absolute Gasteiger partial charge is 0.457 e. The Kier molecular flexibility index (Phi) is 7.67. The van der Waals surface area contributed by atoms with Gasteiger partial charge in [-0.25, -0.2) is 9.69 Å². The number of benzene rings is 4. The quantitative estimate of drug-likeness (QED) is 0.0977. The minimum atomic E-state index is -0.755. The van der Waals surface area contributed by atoms with E-state index in [2.05, 4.69) is 26.0 Å². The van der Waals surface area contributed by atoms with Crippen molar-refractivity contribution in [2.24, 2.45) is 0 Å². The van der Waals surface area contributed by atoms with Gasteiger partial charge in [-0.05, 0) is 77.2 Å². The number of ether oxygens (including phenoxy) is 2. The van der Waals surface area contributed by atoms with Crippen LogP contribution in [0.1, 0.15) is 65.7 Å². The van der Waals surface area contributed by atoms with E-state index in [1.54, 1.807) is 41.8 Å². The predicted molar refractivity (Wildman–Crippen MR) is 168 cm³/mol. The topological polar surface area (TPSA) is 90.0 Å². The average molecular weight is 602 g/mol. The molecule has 218 valence electrons. The zero-order valence-corrected chi connectivity index (χ0v) is 24.8. The van der Waals surface area contributed by atoms with Crippen LogP contribution in [0, 0.1) is 0 Å². The number of anilines is 1. The molecule has 0 saturated heterocycles. The zero-order chi connectivity index (χ0) is 30.8. The number of nitrogens with zero attached hydrogens (tertiary/aromatic N) is 1. The molecule has 44 heavy (non-hydrogen) atoms. The first-order valence-corrected chi connectivity index (χ1v) is 14.8. The molecule has 2 heterocycles. The number of esters is 1. The Labute approximate surface area is 258 Å². The molecular formula is C36H27NO6S. The summed E-state index contributed by atoms with van der Waals surface area (Å²) < 4.78 is 11.2. The molecule has 7 nitrogen and oxygen atoms in total. The van der Waals surface area contributed by atoms with Crippen molar-refractivity contribution in [1.29, 1.82) is 0 Å². The molecule has 0 N–H and O–H groups in total. The minimum absolute atomic E-state index is 0.0765. The van der Waals surface area contributed by atoms with Crippen LogP contribution in [0.15, 0.2) is 115 Å². The Morgan fingerprint density at radius 1 is 0.727 bits per heavy atom. The van der Waals surface area contributed by atoms with Crippen LogP contribution in [0.5, 0.6) is 11.5 Å². The highest BCUT2D eigenvalue weighted by Gasteiger charge is 2.37. The highest BCUT2D eigenvalue weighted by atomic mass is 32.1. The summed E-state index contributed by atoms with van der Waals surface area (Å²) in [5, 5.41) is 1.76. The molecule has 4 aromatic carbocycles. The predicted octanol–water partition coefficient (Wildman–Crippen LogP) is 7.71. The van der Waals surface area contributed by atoms with E-state index in [9.17, 15) is 19.2 Å². The van der Waals surface area contributed by atoms with E-state index in [1.807, 2.05) is 42.5 Å². The summed E-state index contributed by atoms with van der Waals surface area (Å²) in [6.07, 6.45) is 0. The van der Waals surface area contributed by atoms with Crippen LogP contribution in [-0.4, -0.2) is 30.2 Å². The zero-order valence-electron chi connectivity index (χ0n) is 24.0. The van der Waals surface area contributed by atoms with E-state index in [0.717, 1.165) is 10.5 Å². The summed E-state index contributed by atoms with van der Waals surface area (Å²) in [4.78, 5) is 52.7. The van der Waals surface area contributed by atoms with Gasteiger partial charge in [-0.3, -0.25) is 14.4 Å². The van der Waals surface area contributed by atoms with E-state index >= 15 is 0 Å². The molecule has 0 bridgehead atoms. The number of ketones is 1. The highest BCUT2D eigenvalue weighted by molar-refractivity contribution is 7.12. The standard InChI is InChI=1S/C36H27NO6S/c1-36(2,24-7-4-3-5-8-24)25-11-15-27(16-12-25)43-28-17-13-26(14-18-28)37-33(39)29-19-10-23(21-30(29)34(37)40)35(41)42-22-31(38)32-9-6-20-44-32/h3-21H,22H2,1-2H3. The highest BCUT2D eigenvalue weighted by Crippen LogP contribution is 2.34. The summed E-state index contributed by atoms with van der Waals surface area (Å²) in [6.45, 7) is 3.94. The third-order valence-electron chi connectivity index (χ3n) is 7.65. The smallest absolute Gasteiger partial charge is 0.338 e. The molecular weight excluding hydrogens is 574 g/mol. The maximum absolute atomic E-state index is 13.3. The first-order chi connectivity index (χ1) is 21.2. The Bertz CT molecular complexity index is 1860. The molecule has 1 aromatic heterocycles. The molecule has 0 spiro atoms. The van der Waals surface area contributed by atoms with Gasteiger partial charge in [-0.1, -0.05) is 62.4 Å². The van der Waals surface area contributed by atoms with Gasteiger partial charge in [-0.2, -0.15) is 0 Å². The van der Waals surface area contributed by atoms with Crippen LogP contribution < -0.4 is 9.64 Å². The van der Waals surface area contributed by atoms with Gasteiger partial charge in [0, 0.05) is 5.41 Å². The fraction of sp³-hybridized carbons (Fsp3) is 0.111. The molecule has 8 heteroatoms. The Morgan fingerprint density at radius 3 is 2.02 bits per heavy atom. The van der Waals surface area contributed by atoms with E-state index in [4.69, 9.17) is 9.47 Å². The van der Waals surface area contributed by atoms with E-state index in [-0.39, 0.29) is 27.9 Å². The molecule has 6 rings (SSSR count). The Balaban J connectivity index is 1.12. The molecule has 0 unspecified atom stereocenters. The summed E-state index contributed by atoms with van der Waals surface area (Å²) in [6, 6.07) is 32.4. The number of Topliss-reactive ketones (excluding diaryl/α,β-unsaturated/α-hetero) is 1. The van der Waals surface area contributed by atoms with Crippen molar-refractivity contribution in [2.75, 3.05) is 11.5 Å². The second-order valence-corrected chi connectivity index (χ2v) is 11.7. The van der Waals surface area contributed by atoms with Gasteiger partial charge < -0.3 is 9.47 Å². The fourth-order valence-electron chi connectivity index (χ4n) is 5.09.